The van der Waals surface area contributed by atoms with Gasteiger partial charge in [0.2, 0.25) is 0 Å². The highest BCUT2D eigenvalue weighted by Gasteiger charge is 2.56. The molecule has 8 unspecified atom stereocenters. The molecule has 0 aromatic carbocycles. The fourth-order valence-electron chi connectivity index (χ4n) is 6.09. The van der Waals surface area contributed by atoms with Gasteiger partial charge in [0.15, 0.2) is 25.2 Å². The molecule has 22 nitrogen and oxygen atoms in total. The minimum absolute atomic E-state index is 0.0685. The van der Waals surface area contributed by atoms with Crippen molar-refractivity contribution in [1.82, 2.24) is 0 Å². The summed E-state index contributed by atoms with van der Waals surface area (Å²) in [5.41, 5.74) is 0. The van der Waals surface area contributed by atoms with Crippen molar-refractivity contribution in [1.29, 1.82) is 0 Å². The zero-order chi connectivity index (χ0) is 37.6. The molecule has 0 radical (unpaired) electrons. The average molecular weight is 753 g/mol. The van der Waals surface area contributed by atoms with Crippen molar-refractivity contribution in [3.8, 4) is 0 Å². The summed E-state index contributed by atoms with van der Waals surface area (Å²) in [7, 11) is 0. The zero-order valence-corrected chi connectivity index (χ0v) is 27.7. The molecule has 0 bridgehead atoms. The smallest absolute Gasteiger partial charge is 0.187 e. The second-order valence-electron chi connectivity index (χ2n) is 12.6. The van der Waals surface area contributed by atoms with Gasteiger partial charge in [0.25, 0.3) is 0 Å². The van der Waals surface area contributed by atoms with Gasteiger partial charge in [-0.25, -0.2) is 0 Å². The van der Waals surface area contributed by atoms with Crippen LogP contribution in [-0.2, 0) is 42.6 Å². The Morgan fingerprint density at radius 3 is 1.29 bits per heavy atom. The highest BCUT2D eigenvalue weighted by Crippen LogP contribution is 2.35. The number of aliphatic hydroxyl groups is 13. The second kappa shape index (κ2) is 19.6. The van der Waals surface area contributed by atoms with E-state index in [1.54, 1.807) is 0 Å². The molecule has 0 saturated carbocycles. The molecule has 4 rings (SSSR count). The first-order valence-corrected chi connectivity index (χ1v) is 16.7. The van der Waals surface area contributed by atoms with Crippen molar-refractivity contribution in [2.75, 3.05) is 46.2 Å². The van der Waals surface area contributed by atoms with Crippen LogP contribution in [0.3, 0.4) is 0 Å². The summed E-state index contributed by atoms with van der Waals surface area (Å²) in [6, 6.07) is 0. The lowest BCUT2D eigenvalue weighted by Gasteiger charge is -2.49. The van der Waals surface area contributed by atoms with Crippen molar-refractivity contribution >= 4 is 0 Å². The Labute approximate surface area is 291 Å². The van der Waals surface area contributed by atoms with E-state index < -0.39 is 149 Å². The molecule has 4 saturated heterocycles. The monoisotopic (exact) mass is 752 g/mol. The van der Waals surface area contributed by atoms with E-state index in [2.05, 4.69) is 0 Å². The molecule has 0 aromatic rings. The Morgan fingerprint density at radius 1 is 0.392 bits per heavy atom. The Hall–Kier alpha value is -0.880. The van der Waals surface area contributed by atoms with Crippen molar-refractivity contribution < 1.29 is 109 Å². The number of hydrogen-bond acceptors (Lipinski definition) is 22. The van der Waals surface area contributed by atoms with Crippen molar-refractivity contribution in [2.24, 2.45) is 0 Å². The zero-order valence-electron chi connectivity index (χ0n) is 27.7. The molecule has 20 atom stereocenters. The summed E-state index contributed by atoms with van der Waals surface area (Å²) in [4.78, 5) is 0. The van der Waals surface area contributed by atoms with Crippen molar-refractivity contribution in [2.45, 2.75) is 136 Å². The van der Waals surface area contributed by atoms with Gasteiger partial charge in [-0.1, -0.05) is 6.92 Å². The maximum absolute atomic E-state index is 11.2. The van der Waals surface area contributed by atoms with Gasteiger partial charge in [0.05, 0.1) is 39.6 Å². The summed E-state index contributed by atoms with van der Waals surface area (Å²) in [5.74, 6) is 0. The van der Waals surface area contributed by atoms with Crippen molar-refractivity contribution in [3.63, 3.8) is 0 Å². The minimum Gasteiger partial charge on any atom is -0.394 e. The van der Waals surface area contributed by atoms with E-state index in [0.717, 1.165) is 6.42 Å². The highest BCUT2D eigenvalue weighted by atomic mass is 16.8. The molecule has 0 aliphatic carbocycles. The van der Waals surface area contributed by atoms with E-state index in [-0.39, 0.29) is 13.2 Å². The quantitative estimate of drug-likeness (QED) is 0.0651. The standard InChI is InChI=1S/C29H52O22/c1-2-3-43-4-5-44-26-22(42)23(17(37)13(9-33)45-26)49-28-25(20(40)16(36)11(7-31)47-28)51-29-24(19(39)15(35)12(8-32)48-29)50-27-21(41)18(38)14(34)10(6-30)46-27/h10-42H,2-9H2,1H3/t10?,11?,12?,13?,14-,15-,16-,17-,18+,19+,20+,21?,22?,23+,24?,25?,26+,27-,28-,29-/m1/s1. The Bertz CT molecular complexity index is 1010. The molecule has 4 fully saturated rings. The Kier molecular flexibility index (Phi) is 16.5. The first kappa shape index (κ1) is 42.9. The van der Waals surface area contributed by atoms with Crippen LogP contribution in [0.25, 0.3) is 0 Å². The van der Waals surface area contributed by atoms with Crippen LogP contribution >= 0.6 is 0 Å². The first-order chi connectivity index (χ1) is 24.3. The summed E-state index contributed by atoms with van der Waals surface area (Å²) in [6.07, 6.45) is -34.9. The van der Waals surface area contributed by atoms with Crippen LogP contribution < -0.4 is 0 Å². The Balaban J connectivity index is 1.60. The normalized spacial score (nSPS) is 48.1. The molecule has 13 N–H and O–H groups in total. The third kappa shape index (κ3) is 9.68. The van der Waals surface area contributed by atoms with E-state index in [1.165, 1.54) is 0 Å². The van der Waals surface area contributed by atoms with Gasteiger partial charge in [-0.05, 0) is 6.42 Å². The van der Waals surface area contributed by atoms with Crippen LogP contribution in [0, 0.1) is 0 Å². The van der Waals surface area contributed by atoms with E-state index in [1.807, 2.05) is 6.92 Å². The molecule has 51 heavy (non-hydrogen) atoms. The molecule has 22 heteroatoms. The molecule has 4 aliphatic rings. The molecular formula is C29H52O22. The van der Waals surface area contributed by atoms with Crippen LogP contribution in [-0.4, -0.2) is 235 Å². The fraction of sp³-hybridized carbons (Fsp3) is 1.00. The second-order valence-corrected chi connectivity index (χ2v) is 12.6. The topological polar surface area (TPSA) is 346 Å². The van der Waals surface area contributed by atoms with E-state index in [4.69, 9.17) is 42.6 Å². The van der Waals surface area contributed by atoms with Crippen LogP contribution in [0.15, 0.2) is 0 Å². The van der Waals surface area contributed by atoms with Crippen LogP contribution in [0.5, 0.6) is 0 Å². The molecule has 0 aromatic heterocycles. The van der Waals surface area contributed by atoms with Gasteiger partial charge in [-0.2, -0.15) is 0 Å². The van der Waals surface area contributed by atoms with Crippen LogP contribution in [0.1, 0.15) is 13.3 Å². The maximum Gasteiger partial charge on any atom is 0.187 e. The van der Waals surface area contributed by atoms with Gasteiger partial charge in [0.1, 0.15) is 97.7 Å². The average Bonchev–Trinajstić information content (AvgIpc) is 3.12. The van der Waals surface area contributed by atoms with E-state index in [9.17, 15) is 66.4 Å². The Morgan fingerprint density at radius 2 is 0.804 bits per heavy atom. The summed E-state index contributed by atoms with van der Waals surface area (Å²) in [5, 5.41) is 136. The van der Waals surface area contributed by atoms with Gasteiger partial charge in [-0.15, -0.1) is 0 Å². The van der Waals surface area contributed by atoms with Crippen molar-refractivity contribution in [3.05, 3.63) is 0 Å². The lowest BCUT2D eigenvalue weighted by molar-refractivity contribution is -0.403. The lowest BCUT2D eigenvalue weighted by Crippen LogP contribution is -2.68. The predicted octanol–water partition coefficient (Wildman–Crippen LogP) is -8.30. The maximum atomic E-state index is 11.2. The van der Waals surface area contributed by atoms with Gasteiger partial charge in [-0.3, -0.25) is 0 Å². The molecule has 0 spiro atoms. The van der Waals surface area contributed by atoms with Gasteiger partial charge < -0.3 is 109 Å². The van der Waals surface area contributed by atoms with Crippen LogP contribution in [0.2, 0.25) is 0 Å². The largest absolute Gasteiger partial charge is 0.394 e. The number of hydrogen-bond donors (Lipinski definition) is 13. The van der Waals surface area contributed by atoms with E-state index in [0.29, 0.717) is 6.61 Å². The molecule has 4 aliphatic heterocycles. The first-order valence-electron chi connectivity index (χ1n) is 16.7. The molecular weight excluding hydrogens is 700 g/mol. The minimum atomic E-state index is -2.01. The van der Waals surface area contributed by atoms with Gasteiger partial charge in [0, 0.05) is 6.61 Å². The van der Waals surface area contributed by atoms with Crippen LogP contribution in [0.4, 0.5) is 0 Å². The number of rotatable bonds is 16. The molecule has 4 heterocycles. The SMILES string of the molecule is CCCOCCO[C@H]1OC(CO)[C@@H](O)[C@H](O[C@H]2OC(CO)[C@@H](O)[C@H](O)C2O[C@H]2OC(CO)[C@@H](O)[C@H](O)C2O[C@H]2OC(CO)[C@@H](O)[C@H](O)C2O)C1O. The molecule has 300 valence electrons. The third-order valence-electron chi connectivity index (χ3n) is 9.05. The number of aliphatic hydroxyl groups excluding tert-OH is 13. The summed E-state index contributed by atoms with van der Waals surface area (Å²) in [6.45, 7) is -0.971. The molecule has 0 amide bonds. The summed E-state index contributed by atoms with van der Waals surface area (Å²) >= 11 is 0. The highest BCUT2D eigenvalue weighted by molar-refractivity contribution is 4.98. The van der Waals surface area contributed by atoms with E-state index >= 15 is 0 Å². The number of ether oxygens (including phenoxy) is 9. The van der Waals surface area contributed by atoms with Gasteiger partial charge >= 0.3 is 0 Å². The third-order valence-corrected chi connectivity index (χ3v) is 9.05. The lowest BCUT2D eigenvalue weighted by atomic mass is 9.95. The summed E-state index contributed by atoms with van der Waals surface area (Å²) < 4.78 is 50.4. The predicted molar refractivity (Wildman–Crippen MR) is 159 cm³/mol. The fourth-order valence-corrected chi connectivity index (χ4v) is 6.09.